The van der Waals surface area contributed by atoms with Crippen LogP contribution in [0, 0.1) is 0 Å². The standard InChI is InChI=1S/C10H8O.C5H5N/c11-10-7-3-5-8-4-1-2-6-9(8)10;1-2-4-6-5-3-1/h1-7,11H;1-5H. The van der Waals surface area contributed by atoms with E-state index in [2.05, 4.69) is 4.98 Å². The predicted octanol–water partition coefficient (Wildman–Crippen LogP) is 3.63. The van der Waals surface area contributed by atoms with E-state index in [9.17, 15) is 5.11 Å². The van der Waals surface area contributed by atoms with E-state index in [1.54, 1.807) is 18.5 Å². The van der Waals surface area contributed by atoms with Crippen LogP contribution in [0.1, 0.15) is 0 Å². The summed E-state index contributed by atoms with van der Waals surface area (Å²) in [5.74, 6) is 0.350. The molecule has 1 aromatic heterocycles. The van der Waals surface area contributed by atoms with Crippen molar-refractivity contribution in [3.8, 4) is 5.75 Å². The lowest BCUT2D eigenvalue weighted by atomic mass is 10.1. The molecule has 84 valence electrons. The monoisotopic (exact) mass is 223 g/mol. The van der Waals surface area contributed by atoms with Crippen molar-refractivity contribution in [2.24, 2.45) is 0 Å². The van der Waals surface area contributed by atoms with Gasteiger partial charge in [-0.05, 0) is 23.6 Å². The second-order valence-electron chi connectivity index (χ2n) is 3.52. The van der Waals surface area contributed by atoms with Crippen LogP contribution in [-0.2, 0) is 0 Å². The number of aromatic hydroxyl groups is 1. The molecule has 0 aliphatic rings. The van der Waals surface area contributed by atoms with Crippen LogP contribution in [-0.4, -0.2) is 10.1 Å². The summed E-state index contributed by atoms with van der Waals surface area (Å²) in [6, 6.07) is 19.0. The smallest absolute Gasteiger partial charge is 0.123 e. The third-order valence-electron chi connectivity index (χ3n) is 2.33. The Balaban J connectivity index is 0.000000153. The molecule has 2 heteroatoms. The van der Waals surface area contributed by atoms with Crippen LogP contribution in [0.25, 0.3) is 10.8 Å². The number of rotatable bonds is 0. The van der Waals surface area contributed by atoms with E-state index in [1.807, 2.05) is 54.6 Å². The van der Waals surface area contributed by atoms with Crippen LogP contribution in [0.15, 0.2) is 73.1 Å². The van der Waals surface area contributed by atoms with Gasteiger partial charge < -0.3 is 5.11 Å². The molecule has 0 saturated carbocycles. The molecule has 0 fully saturated rings. The molecule has 3 rings (SSSR count). The minimum Gasteiger partial charge on any atom is -0.507 e. The minimum absolute atomic E-state index is 0.350. The number of aromatic nitrogens is 1. The zero-order chi connectivity index (χ0) is 11.9. The summed E-state index contributed by atoms with van der Waals surface area (Å²) in [5.41, 5.74) is 0. The van der Waals surface area contributed by atoms with Gasteiger partial charge in [0.1, 0.15) is 5.75 Å². The van der Waals surface area contributed by atoms with Crippen LogP contribution in [0.4, 0.5) is 0 Å². The van der Waals surface area contributed by atoms with Crippen molar-refractivity contribution in [3.05, 3.63) is 73.1 Å². The number of hydrogen-bond donors (Lipinski definition) is 1. The Morgan fingerprint density at radius 1 is 0.706 bits per heavy atom. The lowest BCUT2D eigenvalue weighted by Crippen LogP contribution is -1.70. The summed E-state index contributed by atoms with van der Waals surface area (Å²) in [7, 11) is 0. The number of phenols is 1. The number of benzene rings is 2. The highest BCUT2D eigenvalue weighted by atomic mass is 16.3. The van der Waals surface area contributed by atoms with Crippen molar-refractivity contribution in [2.75, 3.05) is 0 Å². The summed E-state index contributed by atoms with van der Waals surface area (Å²) in [6.45, 7) is 0. The largest absolute Gasteiger partial charge is 0.507 e. The normalized spacial score (nSPS) is 9.41. The van der Waals surface area contributed by atoms with Gasteiger partial charge in [0, 0.05) is 17.8 Å². The average molecular weight is 223 g/mol. The van der Waals surface area contributed by atoms with E-state index in [-0.39, 0.29) is 0 Å². The van der Waals surface area contributed by atoms with Crippen molar-refractivity contribution < 1.29 is 5.11 Å². The Hall–Kier alpha value is -2.35. The van der Waals surface area contributed by atoms with Crippen LogP contribution in [0.2, 0.25) is 0 Å². The zero-order valence-corrected chi connectivity index (χ0v) is 9.32. The topological polar surface area (TPSA) is 33.1 Å². The van der Waals surface area contributed by atoms with Crippen LogP contribution in [0.3, 0.4) is 0 Å². The fourth-order valence-corrected chi connectivity index (χ4v) is 1.52. The highest BCUT2D eigenvalue weighted by molar-refractivity contribution is 5.87. The average Bonchev–Trinajstić information content (AvgIpc) is 2.42. The number of nitrogens with zero attached hydrogens (tertiary/aromatic N) is 1. The second kappa shape index (κ2) is 5.66. The molecule has 2 nitrogen and oxygen atoms in total. The Labute approximate surface area is 100 Å². The minimum atomic E-state index is 0.350. The highest BCUT2D eigenvalue weighted by Crippen LogP contribution is 2.22. The second-order valence-corrected chi connectivity index (χ2v) is 3.52. The maximum atomic E-state index is 9.37. The van der Waals surface area contributed by atoms with Crippen molar-refractivity contribution in [1.82, 2.24) is 4.98 Å². The molecule has 2 aromatic carbocycles. The molecule has 0 spiro atoms. The predicted molar refractivity (Wildman–Crippen MR) is 69.8 cm³/mol. The first kappa shape index (κ1) is 11.1. The maximum Gasteiger partial charge on any atom is 0.123 e. The van der Waals surface area contributed by atoms with Crippen molar-refractivity contribution in [2.45, 2.75) is 0 Å². The SMILES string of the molecule is Oc1cccc2ccccc12.c1ccncc1. The summed E-state index contributed by atoms with van der Waals surface area (Å²) < 4.78 is 0. The van der Waals surface area contributed by atoms with Gasteiger partial charge in [-0.15, -0.1) is 0 Å². The van der Waals surface area contributed by atoms with E-state index in [0.29, 0.717) is 5.75 Å². The van der Waals surface area contributed by atoms with Gasteiger partial charge >= 0.3 is 0 Å². The third-order valence-corrected chi connectivity index (χ3v) is 2.33. The van der Waals surface area contributed by atoms with Crippen LogP contribution in [0.5, 0.6) is 5.75 Å². The quantitative estimate of drug-likeness (QED) is 0.631. The molecule has 0 amide bonds. The van der Waals surface area contributed by atoms with Gasteiger partial charge in [0.2, 0.25) is 0 Å². The molecule has 0 saturated heterocycles. The van der Waals surface area contributed by atoms with E-state index in [0.717, 1.165) is 10.8 Å². The molecule has 0 radical (unpaired) electrons. The molecule has 1 N–H and O–H groups in total. The first-order valence-electron chi connectivity index (χ1n) is 5.39. The van der Waals surface area contributed by atoms with Gasteiger partial charge in [0.05, 0.1) is 0 Å². The van der Waals surface area contributed by atoms with E-state index < -0.39 is 0 Å². The van der Waals surface area contributed by atoms with Crippen molar-refractivity contribution in [3.63, 3.8) is 0 Å². The molecule has 17 heavy (non-hydrogen) atoms. The molecule has 3 aromatic rings. The number of phenolic OH excluding ortho intramolecular Hbond substituents is 1. The fraction of sp³-hybridized carbons (Fsp3) is 0. The van der Waals surface area contributed by atoms with E-state index in [4.69, 9.17) is 0 Å². The van der Waals surface area contributed by atoms with Crippen molar-refractivity contribution >= 4 is 10.8 Å². The summed E-state index contributed by atoms with van der Waals surface area (Å²) in [4.78, 5) is 3.78. The van der Waals surface area contributed by atoms with Gasteiger partial charge in [-0.2, -0.15) is 0 Å². The van der Waals surface area contributed by atoms with Gasteiger partial charge in [-0.25, -0.2) is 0 Å². The van der Waals surface area contributed by atoms with Crippen LogP contribution >= 0.6 is 0 Å². The Morgan fingerprint density at radius 3 is 2.00 bits per heavy atom. The number of hydrogen-bond acceptors (Lipinski definition) is 2. The molecule has 0 unspecified atom stereocenters. The Morgan fingerprint density at radius 2 is 1.41 bits per heavy atom. The molecule has 1 heterocycles. The number of pyridine rings is 1. The van der Waals surface area contributed by atoms with E-state index >= 15 is 0 Å². The molecule has 0 aliphatic heterocycles. The van der Waals surface area contributed by atoms with Gasteiger partial charge in [0.25, 0.3) is 0 Å². The first-order valence-corrected chi connectivity index (χ1v) is 5.39. The number of fused-ring (bicyclic) bond motifs is 1. The van der Waals surface area contributed by atoms with Crippen molar-refractivity contribution in [1.29, 1.82) is 0 Å². The first-order chi connectivity index (χ1) is 8.38. The summed E-state index contributed by atoms with van der Waals surface area (Å²) in [6.07, 6.45) is 3.50. The Bertz CT molecular complexity index is 546. The van der Waals surface area contributed by atoms with Gasteiger partial charge in [-0.1, -0.05) is 42.5 Å². The maximum absolute atomic E-state index is 9.37. The van der Waals surface area contributed by atoms with E-state index in [1.165, 1.54) is 0 Å². The third kappa shape index (κ3) is 3.05. The molecular formula is C15H13NO. The Kier molecular flexibility index (Phi) is 3.71. The highest BCUT2D eigenvalue weighted by Gasteiger charge is 1.94. The lowest BCUT2D eigenvalue weighted by Gasteiger charge is -1.97. The fourth-order valence-electron chi connectivity index (χ4n) is 1.52. The zero-order valence-electron chi connectivity index (χ0n) is 9.32. The van der Waals surface area contributed by atoms with Crippen LogP contribution < -0.4 is 0 Å². The molecule has 0 aliphatic carbocycles. The van der Waals surface area contributed by atoms with Gasteiger partial charge in [0.15, 0.2) is 0 Å². The summed E-state index contributed by atoms with van der Waals surface area (Å²) >= 11 is 0. The van der Waals surface area contributed by atoms with Gasteiger partial charge in [-0.3, -0.25) is 4.98 Å². The summed E-state index contributed by atoms with van der Waals surface area (Å²) in [5, 5.41) is 11.4. The molecular weight excluding hydrogens is 210 g/mol. The lowest BCUT2D eigenvalue weighted by molar-refractivity contribution is 0.481. The molecule has 0 atom stereocenters. The molecule has 0 bridgehead atoms.